The zero-order chi connectivity index (χ0) is 13.1. The molecule has 0 saturated heterocycles. The molecule has 0 aliphatic carbocycles. The average molecular weight is 351 g/mol. The predicted molar refractivity (Wildman–Crippen MR) is 85.7 cm³/mol. The Bertz CT molecular complexity index is 528. The summed E-state index contributed by atoms with van der Waals surface area (Å²) in [5.41, 5.74) is 11.4. The maximum atomic E-state index is 6.29. The number of halogens is 1. The molecule has 0 aliphatic heterocycles. The highest BCUT2D eigenvalue weighted by atomic mass is 127. The molecular weight excluding hydrogens is 333 g/mol. The van der Waals surface area contributed by atoms with Crippen molar-refractivity contribution < 1.29 is 0 Å². The third kappa shape index (κ3) is 3.56. The van der Waals surface area contributed by atoms with Crippen LogP contribution < -0.4 is 5.73 Å². The van der Waals surface area contributed by atoms with Crippen molar-refractivity contribution in [1.82, 2.24) is 0 Å². The first-order chi connectivity index (χ1) is 8.54. The zero-order valence-electron chi connectivity index (χ0n) is 10.8. The van der Waals surface area contributed by atoms with E-state index in [4.69, 9.17) is 5.73 Å². The van der Waals surface area contributed by atoms with E-state index in [-0.39, 0.29) is 6.04 Å². The monoisotopic (exact) mass is 351 g/mol. The fraction of sp³-hybridized carbons (Fsp3) is 0.250. The lowest BCUT2D eigenvalue weighted by Gasteiger charge is -2.13. The summed E-state index contributed by atoms with van der Waals surface area (Å²) >= 11 is 2.32. The Labute approximate surface area is 123 Å². The minimum absolute atomic E-state index is 0.0703. The van der Waals surface area contributed by atoms with Crippen molar-refractivity contribution in [2.75, 3.05) is 0 Å². The lowest BCUT2D eigenvalue weighted by atomic mass is 9.97. The SMILES string of the molecule is Cc1cc(C)cc(CC(N)c2cccc(I)c2)c1. The van der Waals surface area contributed by atoms with E-state index in [0.29, 0.717) is 0 Å². The fourth-order valence-corrected chi connectivity index (χ4v) is 2.86. The van der Waals surface area contributed by atoms with Crippen LogP contribution in [0.15, 0.2) is 42.5 Å². The molecule has 0 aromatic heterocycles. The highest BCUT2D eigenvalue weighted by Crippen LogP contribution is 2.19. The van der Waals surface area contributed by atoms with Gasteiger partial charge in [-0.25, -0.2) is 0 Å². The highest BCUT2D eigenvalue weighted by Gasteiger charge is 2.08. The van der Waals surface area contributed by atoms with Crippen LogP contribution in [0.1, 0.15) is 28.3 Å². The molecule has 1 unspecified atom stereocenters. The summed E-state index contributed by atoms with van der Waals surface area (Å²) in [4.78, 5) is 0. The first-order valence-corrected chi connectivity index (χ1v) is 7.20. The predicted octanol–water partition coefficient (Wildman–Crippen LogP) is 4.15. The van der Waals surface area contributed by atoms with Gasteiger partial charge in [0.2, 0.25) is 0 Å². The Balaban J connectivity index is 2.18. The van der Waals surface area contributed by atoms with Crippen LogP contribution in [-0.2, 0) is 6.42 Å². The van der Waals surface area contributed by atoms with Crippen molar-refractivity contribution >= 4 is 22.6 Å². The number of nitrogens with two attached hydrogens (primary N) is 1. The maximum Gasteiger partial charge on any atom is 0.0336 e. The van der Waals surface area contributed by atoms with E-state index in [1.54, 1.807) is 0 Å². The number of benzene rings is 2. The van der Waals surface area contributed by atoms with Gasteiger partial charge >= 0.3 is 0 Å². The molecule has 2 aromatic carbocycles. The Kier molecular flexibility index (Phi) is 4.40. The van der Waals surface area contributed by atoms with Crippen molar-refractivity contribution in [2.45, 2.75) is 26.3 Å². The second kappa shape index (κ2) is 5.85. The van der Waals surface area contributed by atoms with Gasteiger partial charge in [0.25, 0.3) is 0 Å². The first kappa shape index (κ1) is 13.6. The summed E-state index contributed by atoms with van der Waals surface area (Å²) in [6.45, 7) is 4.26. The van der Waals surface area contributed by atoms with Gasteiger partial charge in [-0.3, -0.25) is 0 Å². The van der Waals surface area contributed by atoms with Crippen LogP contribution in [0.25, 0.3) is 0 Å². The Morgan fingerprint density at radius 3 is 2.33 bits per heavy atom. The number of aryl methyl sites for hydroxylation is 2. The molecule has 18 heavy (non-hydrogen) atoms. The fourth-order valence-electron chi connectivity index (χ4n) is 2.30. The van der Waals surface area contributed by atoms with Crippen LogP contribution in [0.4, 0.5) is 0 Å². The van der Waals surface area contributed by atoms with Crippen LogP contribution in [0.5, 0.6) is 0 Å². The molecule has 1 nitrogen and oxygen atoms in total. The van der Waals surface area contributed by atoms with Crippen molar-refractivity contribution in [3.05, 3.63) is 68.3 Å². The molecule has 94 valence electrons. The number of rotatable bonds is 3. The van der Waals surface area contributed by atoms with Crippen LogP contribution in [0.2, 0.25) is 0 Å². The van der Waals surface area contributed by atoms with Gasteiger partial charge < -0.3 is 5.73 Å². The minimum Gasteiger partial charge on any atom is -0.324 e. The lowest BCUT2D eigenvalue weighted by Crippen LogP contribution is -2.13. The lowest BCUT2D eigenvalue weighted by molar-refractivity contribution is 0.720. The molecule has 0 aliphatic rings. The summed E-state index contributed by atoms with van der Waals surface area (Å²) in [6, 6.07) is 15.1. The quantitative estimate of drug-likeness (QED) is 0.826. The molecule has 0 radical (unpaired) electrons. The molecule has 0 heterocycles. The summed E-state index contributed by atoms with van der Waals surface area (Å²) in [7, 11) is 0. The normalized spacial score (nSPS) is 12.4. The van der Waals surface area contributed by atoms with E-state index < -0.39 is 0 Å². The summed E-state index contributed by atoms with van der Waals surface area (Å²) < 4.78 is 1.24. The van der Waals surface area contributed by atoms with E-state index in [1.165, 1.54) is 25.8 Å². The third-order valence-electron chi connectivity index (χ3n) is 3.01. The summed E-state index contributed by atoms with van der Waals surface area (Å²) in [5, 5.41) is 0. The van der Waals surface area contributed by atoms with Gasteiger partial charge in [-0.05, 0) is 66.1 Å². The van der Waals surface area contributed by atoms with Crippen LogP contribution in [0, 0.1) is 17.4 Å². The van der Waals surface area contributed by atoms with Gasteiger partial charge in [-0.2, -0.15) is 0 Å². The van der Waals surface area contributed by atoms with Gasteiger partial charge in [-0.15, -0.1) is 0 Å². The molecule has 1 atom stereocenters. The number of hydrogen-bond acceptors (Lipinski definition) is 1. The molecule has 2 rings (SSSR count). The van der Waals surface area contributed by atoms with Crippen LogP contribution >= 0.6 is 22.6 Å². The van der Waals surface area contributed by atoms with Gasteiger partial charge in [0.05, 0.1) is 0 Å². The maximum absolute atomic E-state index is 6.29. The smallest absolute Gasteiger partial charge is 0.0336 e. The molecule has 0 amide bonds. The standard InChI is InChI=1S/C16H18IN/c1-11-6-12(2)8-13(7-11)9-16(18)14-4-3-5-15(17)10-14/h3-8,10,16H,9,18H2,1-2H3. The third-order valence-corrected chi connectivity index (χ3v) is 3.68. The van der Waals surface area contributed by atoms with Gasteiger partial charge in [0.1, 0.15) is 0 Å². The van der Waals surface area contributed by atoms with Crippen molar-refractivity contribution in [1.29, 1.82) is 0 Å². The van der Waals surface area contributed by atoms with Crippen LogP contribution in [0.3, 0.4) is 0 Å². The molecule has 0 saturated carbocycles. The highest BCUT2D eigenvalue weighted by molar-refractivity contribution is 14.1. The van der Waals surface area contributed by atoms with Gasteiger partial charge in [0, 0.05) is 9.61 Å². The Morgan fingerprint density at radius 2 is 1.72 bits per heavy atom. The zero-order valence-corrected chi connectivity index (χ0v) is 12.9. The number of hydrogen-bond donors (Lipinski definition) is 1. The minimum atomic E-state index is 0.0703. The van der Waals surface area contributed by atoms with Gasteiger partial charge in [0.15, 0.2) is 0 Å². The molecule has 2 N–H and O–H groups in total. The Morgan fingerprint density at radius 1 is 1.06 bits per heavy atom. The largest absolute Gasteiger partial charge is 0.324 e. The summed E-state index contributed by atoms with van der Waals surface area (Å²) in [5.74, 6) is 0. The average Bonchev–Trinajstić information content (AvgIpc) is 2.27. The topological polar surface area (TPSA) is 26.0 Å². The van der Waals surface area contributed by atoms with Crippen molar-refractivity contribution in [2.24, 2.45) is 5.73 Å². The molecule has 0 bridgehead atoms. The summed E-state index contributed by atoms with van der Waals surface area (Å²) in [6.07, 6.45) is 0.891. The van der Waals surface area contributed by atoms with E-state index >= 15 is 0 Å². The van der Waals surface area contributed by atoms with E-state index in [1.807, 2.05) is 0 Å². The van der Waals surface area contributed by atoms with Gasteiger partial charge in [-0.1, -0.05) is 41.5 Å². The van der Waals surface area contributed by atoms with Crippen molar-refractivity contribution in [3.63, 3.8) is 0 Å². The van der Waals surface area contributed by atoms with E-state index in [2.05, 4.69) is 78.9 Å². The second-order valence-corrected chi connectivity index (χ2v) is 6.11. The second-order valence-electron chi connectivity index (χ2n) is 4.86. The first-order valence-electron chi connectivity index (χ1n) is 6.13. The van der Waals surface area contributed by atoms with E-state index in [0.717, 1.165) is 6.42 Å². The van der Waals surface area contributed by atoms with Crippen molar-refractivity contribution in [3.8, 4) is 0 Å². The van der Waals surface area contributed by atoms with Crippen LogP contribution in [-0.4, -0.2) is 0 Å². The molecule has 0 spiro atoms. The Hall–Kier alpha value is -0.870. The molecule has 2 aromatic rings. The molecule has 2 heteroatoms. The molecule has 0 fully saturated rings. The molecular formula is C16H18IN. The van der Waals surface area contributed by atoms with E-state index in [9.17, 15) is 0 Å².